The normalized spacial score (nSPS) is 24.6. The Hall–Kier alpha value is -0.630. The van der Waals surface area contributed by atoms with Gasteiger partial charge in [-0.2, -0.15) is 5.10 Å². The minimum Gasteiger partial charge on any atom is -0.393 e. The van der Waals surface area contributed by atoms with E-state index in [1.54, 1.807) is 14.0 Å². The first-order chi connectivity index (χ1) is 8.81. The molecule has 0 bridgehead atoms. The molecule has 1 saturated carbocycles. The molecule has 108 valence electrons. The summed E-state index contributed by atoms with van der Waals surface area (Å²) in [5, 5.41) is 13.5. The number of aryl methyl sites for hydroxylation is 2. The van der Waals surface area contributed by atoms with Gasteiger partial charge in [-0.3, -0.25) is 4.68 Å². The van der Waals surface area contributed by atoms with Crippen molar-refractivity contribution in [1.82, 2.24) is 14.5 Å². The van der Waals surface area contributed by atoms with Crippen LogP contribution in [0.2, 0.25) is 5.15 Å². The number of halogens is 1. The Kier molecular flexibility index (Phi) is 4.20. The fourth-order valence-electron chi connectivity index (χ4n) is 2.39. The number of sulfonamides is 1. The van der Waals surface area contributed by atoms with E-state index >= 15 is 0 Å². The molecular weight excluding hydrogens is 290 g/mol. The number of nitrogens with one attached hydrogen (secondary N) is 1. The maximum atomic E-state index is 12.3. The summed E-state index contributed by atoms with van der Waals surface area (Å²) in [5.41, 5.74) is 0.385. The van der Waals surface area contributed by atoms with Gasteiger partial charge in [0, 0.05) is 13.1 Å². The van der Waals surface area contributed by atoms with Crippen molar-refractivity contribution in [2.24, 2.45) is 7.05 Å². The Morgan fingerprint density at radius 2 is 1.95 bits per heavy atom. The van der Waals surface area contributed by atoms with Crippen LogP contribution in [0, 0.1) is 6.92 Å². The van der Waals surface area contributed by atoms with Crippen molar-refractivity contribution in [1.29, 1.82) is 0 Å². The quantitative estimate of drug-likeness (QED) is 0.871. The van der Waals surface area contributed by atoms with Crippen LogP contribution in [-0.4, -0.2) is 35.5 Å². The fourth-order valence-corrected chi connectivity index (χ4v) is 4.44. The Morgan fingerprint density at radius 1 is 1.37 bits per heavy atom. The number of hydrogen-bond acceptors (Lipinski definition) is 4. The first kappa shape index (κ1) is 14.8. The maximum absolute atomic E-state index is 12.3. The van der Waals surface area contributed by atoms with E-state index < -0.39 is 10.0 Å². The van der Waals surface area contributed by atoms with Gasteiger partial charge in [0.2, 0.25) is 10.0 Å². The van der Waals surface area contributed by atoms with E-state index in [2.05, 4.69) is 9.82 Å². The van der Waals surface area contributed by atoms with Crippen molar-refractivity contribution in [3.05, 3.63) is 10.8 Å². The monoisotopic (exact) mass is 307 g/mol. The van der Waals surface area contributed by atoms with Crippen LogP contribution in [0.5, 0.6) is 0 Å². The first-order valence-corrected chi connectivity index (χ1v) is 8.07. The molecule has 2 N–H and O–H groups in total. The lowest BCUT2D eigenvalue weighted by Crippen LogP contribution is -2.38. The number of aliphatic hydroxyl groups is 1. The molecule has 1 aliphatic carbocycles. The third-order valence-corrected chi connectivity index (χ3v) is 5.60. The van der Waals surface area contributed by atoms with Gasteiger partial charge in [0.05, 0.1) is 11.8 Å². The van der Waals surface area contributed by atoms with Crippen molar-refractivity contribution >= 4 is 21.6 Å². The van der Waals surface area contributed by atoms with E-state index in [0.29, 0.717) is 31.4 Å². The molecule has 1 aromatic heterocycles. The Morgan fingerprint density at radius 3 is 2.42 bits per heavy atom. The zero-order valence-electron chi connectivity index (χ0n) is 10.9. The second-order valence-electron chi connectivity index (χ2n) is 4.96. The number of aliphatic hydroxyl groups excluding tert-OH is 1. The van der Waals surface area contributed by atoms with Crippen LogP contribution in [-0.2, 0) is 17.1 Å². The second-order valence-corrected chi connectivity index (χ2v) is 6.96. The summed E-state index contributed by atoms with van der Waals surface area (Å²) in [6.45, 7) is 1.62. The lowest BCUT2D eigenvalue weighted by atomic mass is 9.94. The largest absolute Gasteiger partial charge is 0.393 e. The van der Waals surface area contributed by atoms with Crippen LogP contribution in [0.4, 0.5) is 0 Å². The topological polar surface area (TPSA) is 84.2 Å². The molecule has 0 saturated heterocycles. The van der Waals surface area contributed by atoms with Crippen molar-refractivity contribution in [2.75, 3.05) is 0 Å². The van der Waals surface area contributed by atoms with Gasteiger partial charge in [-0.25, -0.2) is 13.1 Å². The highest BCUT2D eigenvalue weighted by Gasteiger charge is 2.29. The SMILES string of the molecule is Cc1nn(C)c(Cl)c1S(=O)(=O)NC1CCC(O)CC1. The van der Waals surface area contributed by atoms with Crippen molar-refractivity contribution in [3.63, 3.8) is 0 Å². The minimum absolute atomic E-state index is 0.0442. The zero-order valence-corrected chi connectivity index (χ0v) is 12.5. The van der Waals surface area contributed by atoms with E-state index in [-0.39, 0.29) is 22.2 Å². The molecule has 2 rings (SSSR count). The molecule has 1 aromatic rings. The van der Waals surface area contributed by atoms with Crippen LogP contribution in [0.25, 0.3) is 0 Å². The molecule has 1 fully saturated rings. The van der Waals surface area contributed by atoms with E-state index in [1.165, 1.54) is 4.68 Å². The van der Waals surface area contributed by atoms with Gasteiger partial charge in [-0.1, -0.05) is 11.6 Å². The number of rotatable bonds is 3. The standard InChI is InChI=1S/C11H18ClN3O3S/c1-7-10(11(12)15(2)13-7)19(17,18)14-8-3-5-9(16)6-4-8/h8-9,14,16H,3-6H2,1-2H3. The van der Waals surface area contributed by atoms with E-state index in [4.69, 9.17) is 11.6 Å². The summed E-state index contributed by atoms with van der Waals surface area (Å²) in [6, 6.07) is -0.149. The molecule has 1 heterocycles. The van der Waals surface area contributed by atoms with E-state index in [9.17, 15) is 13.5 Å². The summed E-state index contributed by atoms with van der Waals surface area (Å²) >= 11 is 5.98. The molecule has 0 amide bonds. The molecule has 0 radical (unpaired) electrons. The third kappa shape index (κ3) is 3.10. The molecule has 0 aromatic carbocycles. The molecule has 8 heteroatoms. The van der Waals surface area contributed by atoms with Gasteiger partial charge < -0.3 is 5.11 Å². The highest BCUT2D eigenvalue weighted by atomic mass is 35.5. The van der Waals surface area contributed by atoms with Crippen LogP contribution in [0.3, 0.4) is 0 Å². The van der Waals surface area contributed by atoms with Crippen molar-refractivity contribution in [2.45, 2.75) is 49.6 Å². The molecule has 0 aliphatic heterocycles. The van der Waals surface area contributed by atoms with Crippen LogP contribution in [0.1, 0.15) is 31.4 Å². The second kappa shape index (κ2) is 5.40. The third-order valence-electron chi connectivity index (χ3n) is 3.39. The number of aromatic nitrogens is 2. The summed E-state index contributed by atoms with van der Waals surface area (Å²) in [5.74, 6) is 0. The van der Waals surface area contributed by atoms with Crippen LogP contribution < -0.4 is 4.72 Å². The van der Waals surface area contributed by atoms with Gasteiger partial charge in [-0.15, -0.1) is 0 Å². The Labute approximate surface area is 117 Å². The molecule has 1 aliphatic rings. The average Bonchev–Trinajstić information content (AvgIpc) is 2.56. The van der Waals surface area contributed by atoms with E-state index in [1.807, 2.05) is 0 Å². The average molecular weight is 308 g/mol. The van der Waals surface area contributed by atoms with Crippen molar-refractivity contribution in [3.8, 4) is 0 Å². The predicted molar refractivity (Wildman–Crippen MR) is 71.5 cm³/mol. The summed E-state index contributed by atoms with van der Waals surface area (Å²) in [7, 11) is -2.06. The molecule has 0 atom stereocenters. The fraction of sp³-hybridized carbons (Fsp3) is 0.727. The van der Waals surface area contributed by atoms with Gasteiger partial charge in [0.1, 0.15) is 10.0 Å². The smallest absolute Gasteiger partial charge is 0.245 e. The van der Waals surface area contributed by atoms with Gasteiger partial charge in [0.25, 0.3) is 0 Å². The van der Waals surface area contributed by atoms with Gasteiger partial charge >= 0.3 is 0 Å². The van der Waals surface area contributed by atoms with Crippen molar-refractivity contribution < 1.29 is 13.5 Å². The summed E-state index contributed by atoms with van der Waals surface area (Å²) in [6.07, 6.45) is 2.19. The zero-order chi connectivity index (χ0) is 14.2. The Balaban J connectivity index is 2.19. The highest BCUT2D eigenvalue weighted by Crippen LogP contribution is 2.26. The summed E-state index contributed by atoms with van der Waals surface area (Å²) in [4.78, 5) is 0.0442. The minimum atomic E-state index is -3.66. The first-order valence-electron chi connectivity index (χ1n) is 6.20. The van der Waals surface area contributed by atoms with Crippen LogP contribution >= 0.6 is 11.6 Å². The lowest BCUT2D eigenvalue weighted by molar-refractivity contribution is 0.120. The molecule has 6 nitrogen and oxygen atoms in total. The number of nitrogens with zero attached hydrogens (tertiary/aromatic N) is 2. The highest BCUT2D eigenvalue weighted by molar-refractivity contribution is 7.89. The molecule has 19 heavy (non-hydrogen) atoms. The lowest BCUT2D eigenvalue weighted by Gasteiger charge is -2.25. The Bertz CT molecular complexity index is 562. The van der Waals surface area contributed by atoms with Crippen LogP contribution in [0.15, 0.2) is 4.90 Å². The van der Waals surface area contributed by atoms with Gasteiger partial charge in [0.15, 0.2) is 0 Å². The summed E-state index contributed by atoms with van der Waals surface area (Å²) < 4.78 is 28.6. The van der Waals surface area contributed by atoms with Gasteiger partial charge in [-0.05, 0) is 32.6 Å². The number of hydrogen-bond donors (Lipinski definition) is 2. The molecule has 0 spiro atoms. The molecule has 0 unspecified atom stereocenters. The maximum Gasteiger partial charge on any atom is 0.245 e. The van der Waals surface area contributed by atoms with E-state index in [0.717, 1.165) is 0 Å². The predicted octanol–water partition coefficient (Wildman–Crippen LogP) is 0.964. The molecular formula is C11H18ClN3O3S.